The van der Waals surface area contributed by atoms with Crippen molar-refractivity contribution in [3.8, 4) is 11.4 Å². The predicted octanol–water partition coefficient (Wildman–Crippen LogP) is 3.70. The molecule has 4 rings (SSSR count). The Morgan fingerprint density at radius 3 is 2.77 bits per heavy atom. The summed E-state index contributed by atoms with van der Waals surface area (Å²) in [5.41, 5.74) is 2.93. The van der Waals surface area contributed by atoms with Crippen LogP contribution in [0.5, 0.6) is 0 Å². The molecule has 0 aliphatic carbocycles. The van der Waals surface area contributed by atoms with Crippen LogP contribution in [0.1, 0.15) is 36.4 Å². The lowest BCUT2D eigenvalue weighted by Crippen LogP contribution is -2.26. The molecule has 0 fully saturated rings. The molecule has 7 heteroatoms. The van der Waals surface area contributed by atoms with Crippen molar-refractivity contribution in [2.75, 3.05) is 0 Å². The molecule has 1 atom stereocenters. The number of H-pyrrole nitrogens is 1. The highest BCUT2D eigenvalue weighted by Crippen LogP contribution is 2.19. The molecule has 2 aromatic heterocycles. The average molecular weight is 402 g/mol. The fourth-order valence-electron chi connectivity index (χ4n) is 3.32. The van der Waals surface area contributed by atoms with Crippen LogP contribution in [-0.4, -0.2) is 21.0 Å². The van der Waals surface area contributed by atoms with Crippen LogP contribution >= 0.6 is 0 Å². The Labute approximate surface area is 173 Å². The second-order valence-corrected chi connectivity index (χ2v) is 7.31. The SMILES string of the molecule is Cc1ccc2[nH]c(=O)c(-c3noc(CCC(=O)N[C@H](C)c4ccccc4)n3)cc2c1. The highest BCUT2D eigenvalue weighted by Gasteiger charge is 2.15. The first-order chi connectivity index (χ1) is 14.5. The van der Waals surface area contributed by atoms with E-state index in [-0.39, 0.29) is 29.8 Å². The molecule has 4 aromatic rings. The van der Waals surface area contributed by atoms with Crippen LogP contribution in [0.2, 0.25) is 0 Å². The number of benzene rings is 2. The number of hydrogen-bond acceptors (Lipinski definition) is 5. The van der Waals surface area contributed by atoms with Gasteiger partial charge in [-0.3, -0.25) is 9.59 Å². The number of fused-ring (bicyclic) bond motifs is 1. The topological polar surface area (TPSA) is 101 Å². The van der Waals surface area contributed by atoms with Gasteiger partial charge in [-0.05, 0) is 43.0 Å². The van der Waals surface area contributed by atoms with Crippen LogP contribution in [0.25, 0.3) is 22.3 Å². The van der Waals surface area contributed by atoms with Gasteiger partial charge in [-0.2, -0.15) is 4.98 Å². The van der Waals surface area contributed by atoms with Crippen molar-refractivity contribution >= 4 is 16.8 Å². The van der Waals surface area contributed by atoms with Gasteiger partial charge in [0, 0.05) is 18.4 Å². The van der Waals surface area contributed by atoms with E-state index >= 15 is 0 Å². The van der Waals surface area contributed by atoms with Crippen molar-refractivity contribution in [1.29, 1.82) is 0 Å². The van der Waals surface area contributed by atoms with Gasteiger partial charge in [0.25, 0.3) is 5.56 Å². The number of pyridine rings is 1. The first-order valence-electron chi connectivity index (χ1n) is 9.80. The fraction of sp³-hybridized carbons (Fsp3) is 0.217. The number of hydrogen-bond donors (Lipinski definition) is 2. The maximum atomic E-state index is 12.4. The minimum Gasteiger partial charge on any atom is -0.350 e. The molecule has 0 unspecified atom stereocenters. The molecule has 0 aliphatic rings. The van der Waals surface area contributed by atoms with Gasteiger partial charge in [0.1, 0.15) is 0 Å². The third-order valence-corrected chi connectivity index (χ3v) is 4.95. The number of amides is 1. The number of aryl methyl sites for hydroxylation is 2. The van der Waals surface area contributed by atoms with Crippen molar-refractivity contribution in [3.05, 3.63) is 82.0 Å². The lowest BCUT2D eigenvalue weighted by molar-refractivity contribution is -0.121. The number of aromatic nitrogens is 3. The van der Waals surface area contributed by atoms with Crippen molar-refractivity contribution in [2.24, 2.45) is 0 Å². The minimum atomic E-state index is -0.284. The molecule has 0 saturated heterocycles. The number of aromatic amines is 1. The molecule has 0 saturated carbocycles. The Balaban J connectivity index is 1.43. The molecule has 30 heavy (non-hydrogen) atoms. The van der Waals surface area contributed by atoms with Crippen LogP contribution < -0.4 is 10.9 Å². The molecule has 0 radical (unpaired) electrons. The molecule has 2 heterocycles. The van der Waals surface area contributed by atoms with Crippen molar-refractivity contribution < 1.29 is 9.32 Å². The van der Waals surface area contributed by atoms with Gasteiger partial charge in [-0.15, -0.1) is 0 Å². The van der Waals surface area contributed by atoms with E-state index in [9.17, 15) is 9.59 Å². The molecule has 2 N–H and O–H groups in total. The number of carbonyl (C=O) groups is 1. The summed E-state index contributed by atoms with van der Waals surface area (Å²) in [4.78, 5) is 31.8. The normalized spacial score (nSPS) is 12.1. The van der Waals surface area contributed by atoms with E-state index in [0.29, 0.717) is 17.9 Å². The maximum absolute atomic E-state index is 12.4. The van der Waals surface area contributed by atoms with Gasteiger partial charge in [0.15, 0.2) is 0 Å². The van der Waals surface area contributed by atoms with Crippen LogP contribution in [0, 0.1) is 6.92 Å². The third kappa shape index (κ3) is 4.30. The van der Waals surface area contributed by atoms with Crippen LogP contribution in [0.4, 0.5) is 0 Å². The van der Waals surface area contributed by atoms with Gasteiger partial charge in [-0.1, -0.05) is 47.1 Å². The Kier molecular flexibility index (Phi) is 5.43. The predicted molar refractivity (Wildman–Crippen MR) is 114 cm³/mol. The lowest BCUT2D eigenvalue weighted by Gasteiger charge is -2.13. The van der Waals surface area contributed by atoms with Gasteiger partial charge >= 0.3 is 0 Å². The lowest BCUT2D eigenvalue weighted by atomic mass is 10.1. The van der Waals surface area contributed by atoms with Gasteiger partial charge in [-0.25, -0.2) is 0 Å². The molecule has 0 bridgehead atoms. The Hall–Kier alpha value is -3.74. The second kappa shape index (κ2) is 8.32. The van der Waals surface area contributed by atoms with Crippen molar-refractivity contribution in [1.82, 2.24) is 20.4 Å². The summed E-state index contributed by atoms with van der Waals surface area (Å²) in [5, 5.41) is 7.77. The largest absolute Gasteiger partial charge is 0.350 e. The van der Waals surface area contributed by atoms with Crippen molar-refractivity contribution in [2.45, 2.75) is 32.7 Å². The number of nitrogens with zero attached hydrogens (tertiary/aromatic N) is 2. The standard InChI is InChI=1S/C23H22N4O3/c1-14-8-9-19-17(12-14)13-18(23(29)25-19)22-26-21(30-27-22)11-10-20(28)24-15(2)16-6-4-3-5-7-16/h3-9,12-13,15H,10-11H2,1-2H3,(H,24,28)(H,25,29)/t15-/m1/s1. The van der Waals surface area contributed by atoms with Crippen LogP contribution in [0.15, 0.2) is 63.9 Å². The summed E-state index contributed by atoms with van der Waals surface area (Å²) in [7, 11) is 0. The average Bonchev–Trinajstić information content (AvgIpc) is 3.21. The summed E-state index contributed by atoms with van der Waals surface area (Å²) in [6, 6.07) is 17.2. The minimum absolute atomic E-state index is 0.0865. The molecular weight excluding hydrogens is 380 g/mol. The van der Waals surface area contributed by atoms with Gasteiger partial charge < -0.3 is 14.8 Å². The molecule has 152 valence electrons. The summed E-state index contributed by atoms with van der Waals surface area (Å²) in [6.07, 6.45) is 0.511. The first-order valence-corrected chi connectivity index (χ1v) is 9.80. The monoisotopic (exact) mass is 402 g/mol. The van der Waals surface area contributed by atoms with E-state index in [1.54, 1.807) is 6.07 Å². The van der Waals surface area contributed by atoms with E-state index in [1.807, 2.05) is 62.4 Å². The zero-order valence-electron chi connectivity index (χ0n) is 16.8. The summed E-state index contributed by atoms with van der Waals surface area (Å²) < 4.78 is 5.26. The van der Waals surface area contributed by atoms with E-state index < -0.39 is 0 Å². The zero-order chi connectivity index (χ0) is 21.1. The van der Waals surface area contributed by atoms with Gasteiger partial charge in [0.2, 0.25) is 17.6 Å². The molecule has 1 amide bonds. The molecule has 2 aromatic carbocycles. The quantitative estimate of drug-likeness (QED) is 0.512. The highest BCUT2D eigenvalue weighted by molar-refractivity contribution is 5.83. The zero-order valence-corrected chi connectivity index (χ0v) is 16.8. The van der Waals surface area contributed by atoms with Gasteiger partial charge in [0.05, 0.1) is 11.6 Å². The molecule has 0 spiro atoms. The van der Waals surface area contributed by atoms with Crippen LogP contribution in [-0.2, 0) is 11.2 Å². The Bertz CT molecular complexity index is 1240. The van der Waals surface area contributed by atoms with Crippen LogP contribution in [0.3, 0.4) is 0 Å². The molecule has 0 aliphatic heterocycles. The van der Waals surface area contributed by atoms with E-state index in [4.69, 9.17) is 4.52 Å². The molecular formula is C23H22N4O3. The number of rotatable bonds is 6. The number of nitrogens with one attached hydrogen (secondary N) is 2. The van der Waals surface area contributed by atoms with E-state index in [0.717, 1.165) is 22.0 Å². The fourth-order valence-corrected chi connectivity index (χ4v) is 3.32. The van der Waals surface area contributed by atoms with E-state index in [2.05, 4.69) is 20.4 Å². The summed E-state index contributed by atoms with van der Waals surface area (Å²) in [6.45, 7) is 3.92. The Morgan fingerprint density at radius 1 is 1.17 bits per heavy atom. The maximum Gasteiger partial charge on any atom is 0.259 e. The van der Waals surface area contributed by atoms with Crippen molar-refractivity contribution in [3.63, 3.8) is 0 Å². The molecule has 7 nitrogen and oxygen atoms in total. The smallest absolute Gasteiger partial charge is 0.259 e. The highest BCUT2D eigenvalue weighted by atomic mass is 16.5. The third-order valence-electron chi connectivity index (χ3n) is 4.95. The summed E-state index contributed by atoms with van der Waals surface area (Å²) >= 11 is 0. The van der Waals surface area contributed by atoms with E-state index in [1.165, 1.54) is 0 Å². The second-order valence-electron chi connectivity index (χ2n) is 7.31. The number of carbonyl (C=O) groups excluding carboxylic acids is 1. The summed E-state index contributed by atoms with van der Waals surface area (Å²) in [5.74, 6) is 0.425. The Morgan fingerprint density at radius 2 is 1.97 bits per heavy atom. The first kappa shape index (κ1) is 19.6.